The lowest BCUT2D eigenvalue weighted by atomic mass is 10.2. The number of thiocarbonyl (C=S) groups is 1. The number of hydrogen-bond donors (Lipinski definition) is 2. The van der Waals surface area contributed by atoms with Gasteiger partial charge in [0.25, 0.3) is 0 Å². The normalized spacial score (nSPS) is 14.9. The number of rotatable bonds is 5. The van der Waals surface area contributed by atoms with Crippen molar-refractivity contribution >= 4 is 23.0 Å². The number of hydrogen-bond acceptors (Lipinski definition) is 2. The van der Waals surface area contributed by atoms with Crippen LogP contribution in [0, 0.1) is 5.82 Å². The second kappa shape index (κ2) is 8.96. The van der Waals surface area contributed by atoms with Crippen LogP contribution < -0.4 is 15.0 Å². The molecular formula is C20H25FN3OS+. The van der Waals surface area contributed by atoms with Gasteiger partial charge in [-0.25, -0.2) is 4.39 Å². The van der Waals surface area contributed by atoms with E-state index in [4.69, 9.17) is 17.0 Å². The van der Waals surface area contributed by atoms with E-state index < -0.39 is 0 Å². The van der Waals surface area contributed by atoms with Crippen molar-refractivity contribution < 1.29 is 14.0 Å². The van der Waals surface area contributed by atoms with Crippen LogP contribution in [0.1, 0.15) is 12.5 Å². The Bertz CT molecular complexity index is 730. The first-order valence-corrected chi connectivity index (χ1v) is 9.42. The first kappa shape index (κ1) is 18.6. The predicted molar refractivity (Wildman–Crippen MR) is 106 cm³/mol. The molecular weight excluding hydrogens is 349 g/mol. The standard InChI is InChI=1S/C20H24FN3OS/c1-2-25-18-9-7-17(8-10-18)22-20(26)24-13-11-23(12-14-24)15-16-5-3-4-6-19(16)21/h3-10H,2,11-15H2,1H3,(H,22,26)/p+1. The summed E-state index contributed by atoms with van der Waals surface area (Å²) < 4.78 is 19.3. The van der Waals surface area contributed by atoms with Crippen molar-refractivity contribution in [2.24, 2.45) is 0 Å². The Morgan fingerprint density at radius 2 is 1.85 bits per heavy atom. The van der Waals surface area contributed by atoms with Gasteiger partial charge in [-0.05, 0) is 49.5 Å². The molecule has 2 aromatic carbocycles. The molecule has 1 aliphatic rings. The highest BCUT2D eigenvalue weighted by atomic mass is 32.1. The Kier molecular flexibility index (Phi) is 6.41. The summed E-state index contributed by atoms with van der Waals surface area (Å²) in [6.45, 7) is 6.97. The summed E-state index contributed by atoms with van der Waals surface area (Å²) in [5, 5.41) is 4.02. The van der Waals surface area contributed by atoms with Gasteiger partial charge in [0.15, 0.2) is 5.11 Å². The Morgan fingerprint density at radius 1 is 1.15 bits per heavy atom. The van der Waals surface area contributed by atoms with Crippen molar-refractivity contribution in [3.63, 3.8) is 0 Å². The zero-order valence-corrected chi connectivity index (χ0v) is 15.8. The molecule has 0 radical (unpaired) electrons. The van der Waals surface area contributed by atoms with Gasteiger partial charge in [-0.2, -0.15) is 0 Å². The van der Waals surface area contributed by atoms with E-state index in [-0.39, 0.29) is 5.82 Å². The van der Waals surface area contributed by atoms with E-state index in [0.29, 0.717) is 6.61 Å². The fourth-order valence-corrected chi connectivity index (χ4v) is 3.42. The summed E-state index contributed by atoms with van der Waals surface area (Å²) in [6.07, 6.45) is 0. The molecule has 1 fully saturated rings. The molecule has 2 aromatic rings. The van der Waals surface area contributed by atoms with Crippen molar-refractivity contribution in [1.82, 2.24) is 4.90 Å². The van der Waals surface area contributed by atoms with Gasteiger partial charge in [-0.3, -0.25) is 0 Å². The Morgan fingerprint density at radius 3 is 2.50 bits per heavy atom. The van der Waals surface area contributed by atoms with Crippen LogP contribution in [0.4, 0.5) is 10.1 Å². The Balaban J connectivity index is 1.48. The minimum atomic E-state index is -0.116. The molecule has 0 aliphatic carbocycles. The van der Waals surface area contributed by atoms with Crippen LogP contribution in [0.5, 0.6) is 5.75 Å². The van der Waals surface area contributed by atoms with Crippen molar-refractivity contribution in [1.29, 1.82) is 0 Å². The molecule has 0 unspecified atom stereocenters. The van der Waals surface area contributed by atoms with Crippen molar-refractivity contribution in [3.8, 4) is 5.75 Å². The van der Waals surface area contributed by atoms with Gasteiger partial charge in [0.2, 0.25) is 0 Å². The maximum atomic E-state index is 13.8. The van der Waals surface area contributed by atoms with Crippen LogP contribution in [0.15, 0.2) is 48.5 Å². The molecule has 0 atom stereocenters. The number of benzene rings is 2. The van der Waals surface area contributed by atoms with Crippen molar-refractivity contribution in [2.75, 3.05) is 38.1 Å². The SMILES string of the molecule is CCOc1ccc(NC(=S)N2CC[NH+](Cc3ccccc3F)CC2)cc1. The van der Waals surface area contributed by atoms with Crippen LogP contribution in [0.3, 0.4) is 0 Å². The Labute approximate surface area is 159 Å². The second-order valence-corrected chi connectivity index (χ2v) is 6.78. The topological polar surface area (TPSA) is 28.9 Å². The number of nitrogens with one attached hydrogen (secondary N) is 2. The third kappa shape index (κ3) is 4.93. The minimum absolute atomic E-state index is 0.116. The number of piperazine rings is 1. The number of halogens is 1. The first-order chi connectivity index (χ1) is 12.7. The van der Waals surface area contributed by atoms with Gasteiger partial charge >= 0.3 is 0 Å². The number of nitrogens with zero attached hydrogens (tertiary/aromatic N) is 1. The van der Waals surface area contributed by atoms with E-state index in [0.717, 1.165) is 54.8 Å². The zero-order valence-electron chi connectivity index (χ0n) is 15.0. The van der Waals surface area contributed by atoms with Gasteiger partial charge in [0, 0.05) is 11.3 Å². The van der Waals surface area contributed by atoms with E-state index in [2.05, 4.69) is 10.2 Å². The molecule has 26 heavy (non-hydrogen) atoms. The van der Waals surface area contributed by atoms with Gasteiger partial charge in [-0.15, -0.1) is 0 Å². The minimum Gasteiger partial charge on any atom is -0.494 e. The molecule has 138 valence electrons. The van der Waals surface area contributed by atoms with E-state index in [1.165, 1.54) is 11.0 Å². The highest BCUT2D eigenvalue weighted by Crippen LogP contribution is 2.16. The summed E-state index contributed by atoms with van der Waals surface area (Å²) in [4.78, 5) is 3.56. The summed E-state index contributed by atoms with van der Waals surface area (Å²) in [6, 6.07) is 14.8. The van der Waals surface area contributed by atoms with E-state index >= 15 is 0 Å². The van der Waals surface area contributed by atoms with E-state index in [9.17, 15) is 4.39 Å². The van der Waals surface area contributed by atoms with E-state index in [1.807, 2.05) is 43.3 Å². The van der Waals surface area contributed by atoms with Crippen LogP contribution in [0.2, 0.25) is 0 Å². The lowest BCUT2D eigenvalue weighted by Crippen LogP contribution is -3.13. The molecule has 1 heterocycles. The summed E-state index contributed by atoms with van der Waals surface area (Å²) in [5.74, 6) is 0.740. The van der Waals surface area contributed by atoms with Crippen LogP contribution >= 0.6 is 12.2 Å². The van der Waals surface area contributed by atoms with E-state index in [1.54, 1.807) is 6.07 Å². The predicted octanol–water partition coefficient (Wildman–Crippen LogP) is 2.32. The molecule has 0 bridgehead atoms. The lowest BCUT2D eigenvalue weighted by molar-refractivity contribution is -0.917. The molecule has 6 heteroatoms. The number of quaternary nitrogens is 1. The first-order valence-electron chi connectivity index (χ1n) is 9.01. The molecule has 1 aliphatic heterocycles. The van der Waals surface area contributed by atoms with Crippen molar-refractivity contribution in [3.05, 3.63) is 59.9 Å². The number of ether oxygens (including phenoxy) is 1. The third-order valence-electron chi connectivity index (χ3n) is 4.57. The smallest absolute Gasteiger partial charge is 0.173 e. The van der Waals surface area contributed by atoms with Gasteiger partial charge in [0.05, 0.1) is 32.8 Å². The molecule has 0 aromatic heterocycles. The van der Waals surface area contributed by atoms with Crippen LogP contribution in [-0.4, -0.2) is 42.8 Å². The fraction of sp³-hybridized carbons (Fsp3) is 0.350. The second-order valence-electron chi connectivity index (χ2n) is 6.39. The summed E-state index contributed by atoms with van der Waals surface area (Å²) in [7, 11) is 0. The maximum Gasteiger partial charge on any atom is 0.173 e. The lowest BCUT2D eigenvalue weighted by Gasteiger charge is -2.34. The quantitative estimate of drug-likeness (QED) is 0.786. The van der Waals surface area contributed by atoms with Gasteiger partial charge < -0.3 is 19.9 Å². The summed E-state index contributed by atoms with van der Waals surface area (Å²) >= 11 is 5.54. The average Bonchev–Trinajstić information content (AvgIpc) is 2.66. The van der Waals surface area contributed by atoms with Gasteiger partial charge in [-0.1, -0.05) is 18.2 Å². The molecule has 1 saturated heterocycles. The molecule has 2 N–H and O–H groups in total. The van der Waals surface area contributed by atoms with Crippen LogP contribution in [0.25, 0.3) is 0 Å². The highest BCUT2D eigenvalue weighted by molar-refractivity contribution is 7.80. The summed E-state index contributed by atoms with van der Waals surface area (Å²) in [5.41, 5.74) is 1.74. The monoisotopic (exact) mass is 374 g/mol. The van der Waals surface area contributed by atoms with Crippen LogP contribution in [-0.2, 0) is 6.54 Å². The fourth-order valence-electron chi connectivity index (χ4n) is 3.12. The molecule has 3 rings (SSSR count). The molecule has 0 saturated carbocycles. The molecule has 4 nitrogen and oxygen atoms in total. The van der Waals surface area contributed by atoms with Crippen molar-refractivity contribution in [2.45, 2.75) is 13.5 Å². The highest BCUT2D eigenvalue weighted by Gasteiger charge is 2.22. The largest absolute Gasteiger partial charge is 0.494 e. The number of anilines is 1. The van der Waals surface area contributed by atoms with Gasteiger partial charge in [0.1, 0.15) is 18.1 Å². The Hall–Kier alpha value is -2.18. The maximum absolute atomic E-state index is 13.8. The zero-order chi connectivity index (χ0) is 18.4. The molecule has 0 spiro atoms. The molecule has 0 amide bonds. The third-order valence-corrected chi connectivity index (χ3v) is 4.93. The average molecular weight is 375 g/mol.